The summed E-state index contributed by atoms with van der Waals surface area (Å²) in [5.41, 5.74) is 2.31. The maximum absolute atomic E-state index is 13.0. The van der Waals surface area contributed by atoms with Gasteiger partial charge in [0.05, 0.1) is 38.4 Å². The Hall–Kier alpha value is -3.71. The van der Waals surface area contributed by atoms with Gasteiger partial charge in [-0.05, 0) is 48.5 Å². The van der Waals surface area contributed by atoms with E-state index in [4.69, 9.17) is 25.5 Å². The molecule has 0 unspecified atom stereocenters. The molecule has 0 saturated heterocycles. The largest absolute Gasteiger partial charge is 0.497 e. The lowest BCUT2D eigenvalue weighted by molar-refractivity contribution is 0.0940. The standard InChI is InChI=1S/C23H20ClN3O4/c1-29-17-8-9-19(22(12-17)30-2)20-13-21(23(28)25-14-18-7-4-10-31-18)27(26-20)16-6-3-5-15(24)11-16/h3-13H,14H2,1-2H3,(H,25,28). The second kappa shape index (κ2) is 8.97. The maximum atomic E-state index is 13.0. The molecule has 2 heterocycles. The number of methoxy groups -OCH3 is 2. The second-order valence-electron chi connectivity index (χ2n) is 6.63. The highest BCUT2D eigenvalue weighted by atomic mass is 35.5. The van der Waals surface area contributed by atoms with Crippen LogP contribution in [0.4, 0.5) is 0 Å². The van der Waals surface area contributed by atoms with Crippen LogP contribution in [-0.2, 0) is 6.54 Å². The smallest absolute Gasteiger partial charge is 0.270 e. The first kappa shape index (κ1) is 20.6. The Balaban J connectivity index is 1.76. The van der Waals surface area contributed by atoms with Crippen LogP contribution in [0.1, 0.15) is 16.2 Å². The number of halogens is 1. The van der Waals surface area contributed by atoms with Crippen molar-refractivity contribution in [2.75, 3.05) is 14.2 Å². The fourth-order valence-corrected chi connectivity index (χ4v) is 3.34. The van der Waals surface area contributed by atoms with E-state index in [9.17, 15) is 4.79 Å². The van der Waals surface area contributed by atoms with Crippen LogP contribution in [0.25, 0.3) is 16.9 Å². The van der Waals surface area contributed by atoms with Crippen molar-refractivity contribution < 1.29 is 18.7 Å². The summed E-state index contributed by atoms with van der Waals surface area (Å²) in [4.78, 5) is 13.0. The van der Waals surface area contributed by atoms with Crippen LogP contribution in [0.3, 0.4) is 0 Å². The Labute approximate surface area is 184 Å². The van der Waals surface area contributed by atoms with Crippen molar-refractivity contribution in [3.05, 3.63) is 83.4 Å². The predicted octanol–water partition coefficient (Wildman–Crippen LogP) is 4.73. The number of furan rings is 1. The molecule has 31 heavy (non-hydrogen) atoms. The van der Waals surface area contributed by atoms with Gasteiger partial charge in [0, 0.05) is 16.7 Å². The Morgan fingerprint density at radius 1 is 1.10 bits per heavy atom. The summed E-state index contributed by atoms with van der Waals surface area (Å²) < 4.78 is 17.6. The van der Waals surface area contributed by atoms with Gasteiger partial charge in [-0.3, -0.25) is 4.79 Å². The third-order valence-electron chi connectivity index (χ3n) is 4.68. The van der Waals surface area contributed by atoms with E-state index in [0.717, 1.165) is 5.56 Å². The zero-order valence-corrected chi connectivity index (χ0v) is 17.7. The molecule has 4 rings (SSSR count). The molecule has 1 amide bonds. The highest BCUT2D eigenvalue weighted by molar-refractivity contribution is 6.30. The van der Waals surface area contributed by atoms with Crippen molar-refractivity contribution in [3.8, 4) is 28.4 Å². The van der Waals surface area contributed by atoms with E-state index >= 15 is 0 Å². The van der Waals surface area contributed by atoms with Crippen LogP contribution in [0.15, 0.2) is 71.3 Å². The molecule has 0 aliphatic carbocycles. The molecule has 0 atom stereocenters. The van der Waals surface area contributed by atoms with Crippen molar-refractivity contribution >= 4 is 17.5 Å². The Morgan fingerprint density at radius 2 is 1.97 bits per heavy atom. The molecular weight excluding hydrogens is 418 g/mol. The van der Waals surface area contributed by atoms with E-state index in [1.807, 2.05) is 18.2 Å². The molecule has 4 aromatic rings. The van der Waals surface area contributed by atoms with Crippen LogP contribution in [0.5, 0.6) is 11.5 Å². The monoisotopic (exact) mass is 437 g/mol. The molecule has 0 radical (unpaired) electrons. The number of hydrogen-bond acceptors (Lipinski definition) is 5. The number of aromatic nitrogens is 2. The van der Waals surface area contributed by atoms with Crippen molar-refractivity contribution in [1.29, 1.82) is 0 Å². The fourth-order valence-electron chi connectivity index (χ4n) is 3.16. The molecule has 1 N–H and O–H groups in total. The van der Waals surface area contributed by atoms with Gasteiger partial charge in [0.25, 0.3) is 5.91 Å². The zero-order valence-electron chi connectivity index (χ0n) is 17.0. The minimum absolute atomic E-state index is 0.258. The summed E-state index contributed by atoms with van der Waals surface area (Å²) >= 11 is 6.17. The lowest BCUT2D eigenvalue weighted by Crippen LogP contribution is -2.25. The number of carbonyl (C=O) groups excluding carboxylic acids is 1. The summed E-state index contributed by atoms with van der Waals surface area (Å²) in [6.07, 6.45) is 1.56. The molecule has 0 saturated carbocycles. The van der Waals surface area contributed by atoms with E-state index in [2.05, 4.69) is 10.4 Å². The van der Waals surface area contributed by atoms with Crippen LogP contribution in [0.2, 0.25) is 5.02 Å². The van der Waals surface area contributed by atoms with Crippen LogP contribution in [0, 0.1) is 0 Å². The molecule has 8 heteroatoms. The Morgan fingerprint density at radius 3 is 2.68 bits per heavy atom. The molecule has 2 aromatic carbocycles. The molecule has 7 nitrogen and oxygen atoms in total. The summed E-state index contributed by atoms with van der Waals surface area (Å²) in [6, 6.07) is 17.8. The highest BCUT2D eigenvalue weighted by Gasteiger charge is 2.20. The van der Waals surface area contributed by atoms with Gasteiger partial charge in [0.2, 0.25) is 0 Å². The van der Waals surface area contributed by atoms with Gasteiger partial charge in [0.15, 0.2) is 0 Å². The minimum atomic E-state index is -0.303. The third kappa shape index (κ3) is 4.41. The summed E-state index contributed by atoms with van der Waals surface area (Å²) in [6.45, 7) is 0.258. The second-order valence-corrected chi connectivity index (χ2v) is 7.07. The summed E-state index contributed by atoms with van der Waals surface area (Å²) in [7, 11) is 3.16. The first-order valence-corrected chi connectivity index (χ1v) is 9.86. The minimum Gasteiger partial charge on any atom is -0.497 e. The van der Waals surface area contributed by atoms with E-state index in [0.29, 0.717) is 39.4 Å². The van der Waals surface area contributed by atoms with Crippen molar-refractivity contribution in [1.82, 2.24) is 15.1 Å². The highest BCUT2D eigenvalue weighted by Crippen LogP contribution is 2.33. The first-order chi connectivity index (χ1) is 15.1. The number of nitrogens with one attached hydrogen (secondary N) is 1. The van der Waals surface area contributed by atoms with Gasteiger partial charge in [-0.25, -0.2) is 4.68 Å². The first-order valence-electron chi connectivity index (χ1n) is 9.48. The SMILES string of the molecule is COc1ccc(-c2cc(C(=O)NCc3ccco3)n(-c3cccc(Cl)c3)n2)c(OC)c1. The number of rotatable bonds is 7. The average molecular weight is 438 g/mol. The fraction of sp³-hybridized carbons (Fsp3) is 0.130. The normalized spacial score (nSPS) is 10.7. The molecule has 0 aliphatic heterocycles. The number of hydrogen-bond donors (Lipinski definition) is 1. The molecule has 0 aliphatic rings. The number of ether oxygens (including phenoxy) is 2. The van der Waals surface area contributed by atoms with Gasteiger partial charge >= 0.3 is 0 Å². The van der Waals surface area contributed by atoms with Crippen molar-refractivity contribution in [3.63, 3.8) is 0 Å². The van der Waals surface area contributed by atoms with Crippen molar-refractivity contribution in [2.24, 2.45) is 0 Å². The lowest BCUT2D eigenvalue weighted by atomic mass is 10.1. The summed E-state index contributed by atoms with van der Waals surface area (Å²) in [5, 5.41) is 8.08. The van der Waals surface area contributed by atoms with E-state index in [1.165, 1.54) is 0 Å². The van der Waals surface area contributed by atoms with E-state index in [1.54, 1.807) is 67.6 Å². The number of carbonyl (C=O) groups is 1. The zero-order chi connectivity index (χ0) is 21.8. The van der Waals surface area contributed by atoms with Gasteiger partial charge in [0.1, 0.15) is 23.0 Å². The number of nitrogens with zero attached hydrogens (tertiary/aromatic N) is 2. The van der Waals surface area contributed by atoms with Crippen LogP contribution in [-0.4, -0.2) is 29.9 Å². The quantitative estimate of drug-likeness (QED) is 0.452. The van der Waals surface area contributed by atoms with Gasteiger partial charge in [-0.2, -0.15) is 5.10 Å². The topological polar surface area (TPSA) is 78.5 Å². The van der Waals surface area contributed by atoms with E-state index in [-0.39, 0.29) is 12.5 Å². The third-order valence-corrected chi connectivity index (χ3v) is 4.92. The molecule has 0 fully saturated rings. The predicted molar refractivity (Wildman–Crippen MR) is 117 cm³/mol. The maximum Gasteiger partial charge on any atom is 0.270 e. The van der Waals surface area contributed by atoms with Crippen LogP contribution < -0.4 is 14.8 Å². The van der Waals surface area contributed by atoms with E-state index < -0.39 is 0 Å². The molecule has 0 spiro atoms. The number of amides is 1. The molecular formula is C23H20ClN3O4. The Bertz CT molecular complexity index is 1200. The number of benzene rings is 2. The van der Waals surface area contributed by atoms with Crippen LogP contribution >= 0.6 is 11.6 Å². The van der Waals surface area contributed by atoms with Gasteiger partial charge in [-0.15, -0.1) is 0 Å². The molecule has 158 valence electrons. The van der Waals surface area contributed by atoms with Gasteiger partial charge < -0.3 is 19.2 Å². The molecule has 0 bridgehead atoms. The lowest BCUT2D eigenvalue weighted by Gasteiger charge is -2.09. The Kier molecular flexibility index (Phi) is 5.95. The molecule has 2 aromatic heterocycles. The van der Waals surface area contributed by atoms with Gasteiger partial charge in [-0.1, -0.05) is 17.7 Å². The average Bonchev–Trinajstić information content (AvgIpc) is 3.47. The summed E-state index contributed by atoms with van der Waals surface area (Å²) in [5.74, 6) is 1.59. The van der Waals surface area contributed by atoms with Crippen molar-refractivity contribution in [2.45, 2.75) is 6.54 Å².